The number of aliphatic carboxylic acids is 2. The Morgan fingerprint density at radius 2 is 1.00 bits per heavy atom. The van der Waals surface area contributed by atoms with Crippen LogP contribution < -0.4 is 0 Å². The van der Waals surface area contributed by atoms with Crippen LogP contribution in [0.1, 0.15) is 0 Å². The first-order chi connectivity index (χ1) is 2.64. The molecule has 0 amide bonds. The van der Waals surface area contributed by atoms with E-state index in [1.807, 2.05) is 0 Å². The molecule has 0 aromatic carbocycles. The number of rotatable bonds is 0. The van der Waals surface area contributed by atoms with Crippen LogP contribution in [0, 0.1) is 0 Å². The Morgan fingerprint density at radius 1 is 0.889 bits per heavy atom. The predicted molar refractivity (Wildman–Crippen MR) is 25.8 cm³/mol. The third kappa shape index (κ3) is 18.4. The maximum atomic E-state index is 9.10. The summed E-state index contributed by atoms with van der Waals surface area (Å²) < 4.78 is 0. The van der Waals surface area contributed by atoms with Crippen molar-refractivity contribution in [3.63, 3.8) is 0 Å². The molecule has 0 aromatic heterocycles. The van der Waals surface area contributed by atoms with Gasteiger partial charge in [-0.2, -0.15) is 0 Å². The van der Waals surface area contributed by atoms with Gasteiger partial charge in [-0.05, 0) is 0 Å². The molecule has 0 aliphatic heterocycles. The van der Waals surface area contributed by atoms with Crippen LogP contribution in [0.4, 0.5) is 0 Å². The molecule has 0 radical (unpaired) electrons. The second-order valence-electron chi connectivity index (χ2n) is 0.610. The van der Waals surface area contributed by atoms with Gasteiger partial charge in [-0.25, -0.2) is 9.59 Å². The van der Waals surface area contributed by atoms with E-state index in [0.29, 0.717) is 0 Å². The summed E-state index contributed by atoms with van der Waals surface area (Å²) in [5.41, 5.74) is 0. The molecule has 52 valence electrons. The molecule has 0 heterocycles. The first-order valence-corrected chi connectivity index (χ1v) is 1.11. The normalized spacial score (nSPS) is 4.89. The van der Waals surface area contributed by atoms with Crippen LogP contribution >= 0.6 is 0 Å². The van der Waals surface area contributed by atoms with Crippen molar-refractivity contribution >= 4 is 11.9 Å². The summed E-state index contributed by atoms with van der Waals surface area (Å²) in [7, 11) is 0. The Morgan fingerprint density at radius 3 is 1.00 bits per heavy atom. The average Bonchev–Trinajstić information content (AvgIpc) is 1.36. The molecule has 0 atom stereocenters. The van der Waals surface area contributed by atoms with Crippen molar-refractivity contribution in [1.29, 1.82) is 0 Å². The zero-order valence-corrected chi connectivity index (χ0v) is 5.93. The second-order valence-corrected chi connectivity index (χ2v) is 0.610. The summed E-state index contributed by atoms with van der Waals surface area (Å²) in [5, 5.41) is 14.8. The molecule has 0 saturated carbocycles. The van der Waals surface area contributed by atoms with Crippen LogP contribution in [-0.4, -0.2) is 22.2 Å². The SMILES string of the molecule is O=C(O)C(=O)O.[NH2-].[NH2-].[Ti+2]. The van der Waals surface area contributed by atoms with Gasteiger partial charge >= 0.3 is 33.7 Å². The topological polar surface area (TPSA) is 142 Å². The Bertz CT molecular complexity index is 82.6. The molecular formula is C2H6N2O4Ti. The summed E-state index contributed by atoms with van der Waals surface area (Å²) in [6.45, 7) is 0. The van der Waals surface area contributed by atoms with Crippen LogP contribution in [-0.2, 0) is 31.3 Å². The van der Waals surface area contributed by atoms with E-state index in [9.17, 15) is 0 Å². The van der Waals surface area contributed by atoms with E-state index in [1.165, 1.54) is 0 Å². The average molecular weight is 170 g/mol. The third-order valence-corrected chi connectivity index (χ3v) is 0.183. The molecule has 0 aliphatic rings. The van der Waals surface area contributed by atoms with E-state index in [1.54, 1.807) is 0 Å². The minimum Gasteiger partial charge on any atom is -0.693 e. The molecule has 0 unspecified atom stereocenters. The van der Waals surface area contributed by atoms with Gasteiger partial charge in [0.05, 0.1) is 0 Å². The smallest absolute Gasteiger partial charge is 0.693 e. The van der Waals surface area contributed by atoms with Gasteiger partial charge in [0.2, 0.25) is 0 Å². The third-order valence-electron chi connectivity index (χ3n) is 0.183. The number of carbonyl (C=O) groups is 2. The van der Waals surface area contributed by atoms with Gasteiger partial charge in [-0.3, -0.25) is 0 Å². The van der Waals surface area contributed by atoms with E-state index >= 15 is 0 Å². The Labute approximate surface area is 66.3 Å². The minimum absolute atomic E-state index is 0. The largest absolute Gasteiger partial charge is 2.00 e. The summed E-state index contributed by atoms with van der Waals surface area (Å²) >= 11 is 0. The maximum absolute atomic E-state index is 9.10. The molecule has 0 aliphatic carbocycles. The number of hydrogen-bond acceptors (Lipinski definition) is 2. The summed E-state index contributed by atoms with van der Waals surface area (Å²) in [6.07, 6.45) is 0. The standard InChI is InChI=1S/C2H2O4.2H2N.Ti/c3-1(4)2(5)6;;;/h(H,3,4)(H,5,6);2*1H2;/q;2*-1;+2. The molecule has 0 fully saturated rings. The van der Waals surface area contributed by atoms with Gasteiger partial charge < -0.3 is 22.5 Å². The van der Waals surface area contributed by atoms with Crippen LogP contribution in [0.2, 0.25) is 0 Å². The summed E-state index contributed by atoms with van der Waals surface area (Å²) in [6, 6.07) is 0. The minimum atomic E-state index is -1.82. The van der Waals surface area contributed by atoms with Gasteiger partial charge in [0.1, 0.15) is 0 Å². The molecule has 9 heavy (non-hydrogen) atoms. The van der Waals surface area contributed by atoms with E-state index in [4.69, 9.17) is 19.8 Å². The van der Waals surface area contributed by atoms with Crippen LogP contribution in [0.25, 0.3) is 12.3 Å². The van der Waals surface area contributed by atoms with Crippen LogP contribution in [0.15, 0.2) is 0 Å². The van der Waals surface area contributed by atoms with Gasteiger partial charge in [0.15, 0.2) is 0 Å². The second kappa shape index (κ2) is 10.5. The van der Waals surface area contributed by atoms with E-state index in [0.717, 1.165) is 0 Å². The van der Waals surface area contributed by atoms with Gasteiger partial charge in [0, 0.05) is 0 Å². The van der Waals surface area contributed by atoms with Crippen molar-refractivity contribution in [3.05, 3.63) is 12.3 Å². The Kier molecular flexibility index (Phi) is 27.5. The van der Waals surface area contributed by atoms with Crippen LogP contribution in [0.3, 0.4) is 0 Å². The zero-order chi connectivity index (χ0) is 5.15. The molecule has 0 aromatic rings. The van der Waals surface area contributed by atoms with Crippen molar-refractivity contribution in [2.45, 2.75) is 0 Å². The Balaban J connectivity index is -0.0000000417. The maximum Gasteiger partial charge on any atom is 2.00 e. The zero-order valence-electron chi connectivity index (χ0n) is 4.37. The molecule has 0 saturated heterocycles. The van der Waals surface area contributed by atoms with Crippen molar-refractivity contribution in [2.24, 2.45) is 0 Å². The first-order valence-electron chi connectivity index (χ1n) is 1.11. The molecule has 0 spiro atoms. The summed E-state index contributed by atoms with van der Waals surface area (Å²) in [4.78, 5) is 18.2. The Hall–Kier alpha value is -0.426. The molecule has 0 bridgehead atoms. The van der Waals surface area contributed by atoms with E-state index in [2.05, 4.69) is 0 Å². The molecule has 6 nitrogen and oxygen atoms in total. The molecule has 7 heteroatoms. The summed E-state index contributed by atoms with van der Waals surface area (Å²) in [5.74, 6) is -3.65. The number of hydrogen-bond donors (Lipinski definition) is 2. The van der Waals surface area contributed by atoms with Crippen molar-refractivity contribution in [2.75, 3.05) is 0 Å². The fourth-order valence-corrected chi connectivity index (χ4v) is 0. The fourth-order valence-electron chi connectivity index (χ4n) is 0. The molecule has 0 rings (SSSR count). The van der Waals surface area contributed by atoms with Gasteiger partial charge in [-0.15, -0.1) is 0 Å². The van der Waals surface area contributed by atoms with Crippen molar-refractivity contribution in [3.8, 4) is 0 Å². The first kappa shape index (κ1) is 23.5. The predicted octanol–water partition coefficient (Wildman–Crippen LogP) is 0.587. The number of carboxylic acid groups (broad SMARTS) is 2. The number of carboxylic acids is 2. The van der Waals surface area contributed by atoms with Crippen LogP contribution in [0.5, 0.6) is 0 Å². The monoisotopic (exact) mass is 170 g/mol. The number of nitrogens with two attached hydrogens (primary N) is 2. The fraction of sp³-hybridized carbons (Fsp3) is 0. The molecular weight excluding hydrogens is 164 g/mol. The van der Waals surface area contributed by atoms with Crippen molar-refractivity contribution < 1.29 is 41.5 Å². The quantitative estimate of drug-likeness (QED) is 0.404. The molecule has 6 N–H and O–H groups in total. The van der Waals surface area contributed by atoms with E-state index in [-0.39, 0.29) is 34.0 Å². The van der Waals surface area contributed by atoms with Crippen molar-refractivity contribution in [1.82, 2.24) is 0 Å². The van der Waals surface area contributed by atoms with Gasteiger partial charge in [0.25, 0.3) is 0 Å². The van der Waals surface area contributed by atoms with Gasteiger partial charge in [-0.1, -0.05) is 0 Å². The van der Waals surface area contributed by atoms with E-state index < -0.39 is 11.9 Å².